The first-order chi connectivity index (χ1) is 9.39. The van der Waals surface area contributed by atoms with E-state index in [0.717, 1.165) is 0 Å². The molecule has 5 nitrogen and oxygen atoms in total. The maximum atomic E-state index is 11.9. The van der Waals surface area contributed by atoms with Gasteiger partial charge in [-0.15, -0.1) is 11.3 Å². The molecule has 0 unspecified atom stereocenters. The third kappa shape index (κ3) is 3.54. The second-order valence-corrected chi connectivity index (χ2v) is 5.96. The topological polar surface area (TPSA) is 61.3 Å². The van der Waals surface area contributed by atoms with Crippen LogP contribution in [0.4, 0.5) is 0 Å². The fraction of sp³-hybridized carbons (Fsp3) is 0.357. The van der Waals surface area contributed by atoms with Crippen LogP contribution < -0.4 is 4.74 Å². The molecule has 0 spiro atoms. The zero-order valence-corrected chi connectivity index (χ0v) is 12.7. The Morgan fingerprint density at radius 2 is 2.00 bits per heavy atom. The summed E-state index contributed by atoms with van der Waals surface area (Å²) >= 11 is 1.35. The zero-order valence-electron chi connectivity index (χ0n) is 11.8. The van der Waals surface area contributed by atoms with E-state index in [1.807, 2.05) is 32.9 Å². The monoisotopic (exact) mass is 292 g/mol. The highest BCUT2D eigenvalue weighted by molar-refractivity contribution is 7.13. The molecule has 0 saturated carbocycles. The van der Waals surface area contributed by atoms with Crippen LogP contribution in [0.3, 0.4) is 0 Å². The molecular formula is C14H16N2O3S. The molecule has 2 rings (SSSR count). The van der Waals surface area contributed by atoms with Crippen LogP contribution in [-0.4, -0.2) is 28.6 Å². The predicted molar refractivity (Wildman–Crippen MR) is 77.1 cm³/mol. The maximum absolute atomic E-state index is 11.9. The van der Waals surface area contributed by atoms with Crippen LogP contribution in [0.2, 0.25) is 0 Å². The Morgan fingerprint density at radius 3 is 2.65 bits per heavy atom. The zero-order chi connectivity index (χ0) is 14.8. The Bertz CT molecular complexity index is 617. The molecule has 0 fully saturated rings. The van der Waals surface area contributed by atoms with Crippen molar-refractivity contribution < 1.29 is 14.3 Å². The summed E-state index contributed by atoms with van der Waals surface area (Å²) in [6, 6.07) is 5.40. The van der Waals surface area contributed by atoms with Crippen LogP contribution in [0.1, 0.15) is 31.3 Å². The molecular weight excluding hydrogens is 276 g/mol. The van der Waals surface area contributed by atoms with Crippen molar-refractivity contribution in [3.05, 3.63) is 29.3 Å². The first-order valence-corrected chi connectivity index (χ1v) is 6.97. The van der Waals surface area contributed by atoms with Crippen molar-refractivity contribution in [2.45, 2.75) is 26.4 Å². The van der Waals surface area contributed by atoms with Gasteiger partial charge in [0.05, 0.1) is 7.11 Å². The highest BCUT2D eigenvalue weighted by Crippen LogP contribution is 2.24. The normalized spacial score (nSPS) is 11.2. The Balaban J connectivity index is 2.22. The molecule has 6 heteroatoms. The van der Waals surface area contributed by atoms with Gasteiger partial charge in [0.1, 0.15) is 16.3 Å². The number of thiazole rings is 1. The van der Waals surface area contributed by atoms with Crippen molar-refractivity contribution in [3.8, 4) is 16.6 Å². The van der Waals surface area contributed by atoms with Crippen molar-refractivity contribution in [1.82, 2.24) is 9.97 Å². The molecule has 0 atom stereocenters. The molecule has 0 saturated heterocycles. The standard InChI is InChI=1S/C14H16N2O3S/c1-14(2,3)19-13(17)10-8-20-12(16-10)9-6-5-7-11(15-9)18-4/h5-8H,1-4H3. The molecule has 106 valence electrons. The average molecular weight is 292 g/mol. The molecule has 0 amide bonds. The van der Waals surface area contributed by atoms with E-state index in [1.165, 1.54) is 11.3 Å². The second-order valence-electron chi connectivity index (χ2n) is 5.10. The van der Waals surface area contributed by atoms with Gasteiger partial charge in [0.25, 0.3) is 0 Å². The van der Waals surface area contributed by atoms with Gasteiger partial charge in [0, 0.05) is 11.4 Å². The van der Waals surface area contributed by atoms with Crippen molar-refractivity contribution >= 4 is 17.3 Å². The van der Waals surface area contributed by atoms with Gasteiger partial charge in [-0.05, 0) is 26.8 Å². The summed E-state index contributed by atoms with van der Waals surface area (Å²) < 4.78 is 10.3. The lowest BCUT2D eigenvalue weighted by molar-refractivity contribution is 0.00638. The minimum Gasteiger partial charge on any atom is -0.481 e. The number of carbonyl (C=O) groups excluding carboxylic acids is 1. The molecule has 0 aliphatic carbocycles. The highest BCUT2D eigenvalue weighted by atomic mass is 32.1. The Hall–Kier alpha value is -1.95. The number of rotatable bonds is 3. The van der Waals surface area contributed by atoms with E-state index in [-0.39, 0.29) is 0 Å². The number of aromatic nitrogens is 2. The van der Waals surface area contributed by atoms with Crippen molar-refractivity contribution in [3.63, 3.8) is 0 Å². The smallest absolute Gasteiger partial charge is 0.358 e. The van der Waals surface area contributed by atoms with Gasteiger partial charge in [-0.3, -0.25) is 0 Å². The number of esters is 1. The average Bonchev–Trinajstić information content (AvgIpc) is 2.86. The molecule has 0 bridgehead atoms. The van der Waals surface area contributed by atoms with Gasteiger partial charge < -0.3 is 9.47 Å². The molecule has 2 heterocycles. The lowest BCUT2D eigenvalue weighted by atomic mass is 10.2. The van der Waals surface area contributed by atoms with Crippen LogP contribution >= 0.6 is 11.3 Å². The van der Waals surface area contributed by atoms with Gasteiger partial charge in [0.2, 0.25) is 5.88 Å². The van der Waals surface area contributed by atoms with E-state index >= 15 is 0 Å². The summed E-state index contributed by atoms with van der Waals surface area (Å²) in [4.78, 5) is 20.5. The SMILES string of the molecule is COc1cccc(-c2nc(C(=O)OC(C)(C)C)cs2)n1. The first kappa shape index (κ1) is 14.5. The maximum Gasteiger partial charge on any atom is 0.358 e. The Kier molecular flexibility index (Phi) is 4.04. The lowest BCUT2D eigenvalue weighted by Gasteiger charge is -2.18. The molecule has 2 aromatic rings. The quantitative estimate of drug-likeness (QED) is 0.813. The van der Waals surface area contributed by atoms with E-state index in [1.54, 1.807) is 18.6 Å². The summed E-state index contributed by atoms with van der Waals surface area (Å²) in [5.41, 5.74) is 0.434. The van der Waals surface area contributed by atoms with Gasteiger partial charge in [-0.1, -0.05) is 6.07 Å². The van der Waals surface area contributed by atoms with Crippen LogP contribution in [0.25, 0.3) is 10.7 Å². The van der Waals surface area contributed by atoms with Crippen molar-refractivity contribution in [2.24, 2.45) is 0 Å². The number of methoxy groups -OCH3 is 1. The minimum atomic E-state index is -0.533. The fourth-order valence-electron chi connectivity index (χ4n) is 1.46. The number of nitrogens with zero attached hydrogens (tertiary/aromatic N) is 2. The van der Waals surface area contributed by atoms with Crippen LogP contribution in [0.5, 0.6) is 5.88 Å². The van der Waals surface area contributed by atoms with E-state index in [2.05, 4.69) is 9.97 Å². The molecule has 20 heavy (non-hydrogen) atoms. The number of ether oxygens (including phenoxy) is 2. The second kappa shape index (κ2) is 5.58. The largest absolute Gasteiger partial charge is 0.481 e. The summed E-state index contributed by atoms with van der Waals surface area (Å²) in [5, 5.41) is 2.33. The third-order valence-electron chi connectivity index (χ3n) is 2.26. The predicted octanol–water partition coefficient (Wildman–Crippen LogP) is 3.17. The molecule has 2 aromatic heterocycles. The molecule has 0 N–H and O–H groups in total. The molecule has 0 aliphatic heterocycles. The Morgan fingerprint density at radius 1 is 1.25 bits per heavy atom. The summed E-state index contributed by atoms with van der Waals surface area (Å²) in [5.74, 6) is 0.0828. The summed E-state index contributed by atoms with van der Waals surface area (Å²) in [6.45, 7) is 5.46. The number of hydrogen-bond acceptors (Lipinski definition) is 6. The van der Waals surface area contributed by atoms with E-state index in [0.29, 0.717) is 22.3 Å². The fourth-order valence-corrected chi connectivity index (χ4v) is 2.22. The first-order valence-electron chi connectivity index (χ1n) is 6.09. The van der Waals surface area contributed by atoms with Crippen molar-refractivity contribution in [2.75, 3.05) is 7.11 Å². The van der Waals surface area contributed by atoms with E-state index in [9.17, 15) is 4.79 Å². The number of carbonyl (C=O) groups is 1. The van der Waals surface area contributed by atoms with Crippen LogP contribution in [0.15, 0.2) is 23.6 Å². The highest BCUT2D eigenvalue weighted by Gasteiger charge is 2.20. The third-order valence-corrected chi connectivity index (χ3v) is 3.13. The van der Waals surface area contributed by atoms with Gasteiger partial charge in [-0.25, -0.2) is 14.8 Å². The van der Waals surface area contributed by atoms with Crippen molar-refractivity contribution in [1.29, 1.82) is 0 Å². The number of pyridine rings is 1. The Labute approximate surface area is 121 Å². The van der Waals surface area contributed by atoms with Gasteiger partial charge in [-0.2, -0.15) is 0 Å². The number of hydrogen-bond donors (Lipinski definition) is 0. The van der Waals surface area contributed by atoms with Crippen LogP contribution in [-0.2, 0) is 4.74 Å². The van der Waals surface area contributed by atoms with Crippen LogP contribution in [0, 0.1) is 0 Å². The van der Waals surface area contributed by atoms with E-state index in [4.69, 9.17) is 9.47 Å². The summed E-state index contributed by atoms with van der Waals surface area (Å²) in [7, 11) is 1.56. The molecule has 0 radical (unpaired) electrons. The summed E-state index contributed by atoms with van der Waals surface area (Å²) in [6.07, 6.45) is 0. The molecule has 0 aromatic carbocycles. The van der Waals surface area contributed by atoms with Gasteiger partial charge >= 0.3 is 5.97 Å². The van der Waals surface area contributed by atoms with Gasteiger partial charge in [0.15, 0.2) is 5.69 Å². The minimum absolute atomic E-state index is 0.296. The lowest BCUT2D eigenvalue weighted by Crippen LogP contribution is -2.24. The molecule has 0 aliphatic rings. The van der Waals surface area contributed by atoms with E-state index < -0.39 is 11.6 Å².